The lowest BCUT2D eigenvalue weighted by Gasteiger charge is -2.19. The minimum absolute atomic E-state index is 0. The van der Waals surface area contributed by atoms with Crippen LogP contribution in [0.2, 0.25) is 0 Å². The second kappa shape index (κ2) is 13.8. The maximum Gasteiger partial charge on any atom is 0.407 e. The molecule has 27 heavy (non-hydrogen) atoms. The molecule has 2 N–H and O–H groups in total. The number of amides is 2. The van der Waals surface area contributed by atoms with E-state index < -0.39 is 5.60 Å². The van der Waals surface area contributed by atoms with Gasteiger partial charge in [0, 0.05) is 33.0 Å². The Kier molecular flexibility index (Phi) is 13.1. The molecule has 1 aromatic carbocycles. The normalized spacial score (nSPS) is 10.5. The number of alkyl carbamates (subject to hydrolysis) is 1. The number of nitrogens with one attached hydrogen (secondary N) is 2. The SMILES string of the molecule is CC.Cc1cc(C)cc(C(=O)NCCSSCCNC(=O)OC(C)(C)C)c1.[HH].[HH]. The summed E-state index contributed by atoms with van der Waals surface area (Å²) in [6.45, 7) is 14.7. The first-order valence-corrected chi connectivity index (χ1v) is 11.7. The fourth-order valence-corrected chi connectivity index (χ4v) is 3.85. The van der Waals surface area contributed by atoms with Crippen LogP contribution in [0.25, 0.3) is 0 Å². The molecule has 1 aromatic rings. The second-order valence-corrected chi connectivity index (χ2v) is 9.41. The third kappa shape index (κ3) is 13.5. The highest BCUT2D eigenvalue weighted by atomic mass is 33.1. The molecule has 0 unspecified atom stereocenters. The molecular formula is C20H38N2O3S2. The fourth-order valence-electron chi connectivity index (χ4n) is 2.04. The lowest BCUT2D eigenvalue weighted by Crippen LogP contribution is -2.33. The Balaban J connectivity index is -0.00000163. The standard InChI is InChI=1S/C18H28N2O3S2.C2H6.2H2/c1-13-10-14(2)12-15(11-13)16(21)19-6-8-24-25-9-7-20-17(22)23-18(3,4)5;1-2;;/h10-12H,6-9H2,1-5H3,(H,19,21)(H,20,22);1-2H3;2*1H. The summed E-state index contributed by atoms with van der Waals surface area (Å²) >= 11 is 0. The molecule has 0 radical (unpaired) electrons. The van der Waals surface area contributed by atoms with Gasteiger partial charge in [-0.25, -0.2) is 4.79 Å². The highest BCUT2D eigenvalue weighted by Crippen LogP contribution is 2.19. The van der Waals surface area contributed by atoms with Crippen molar-refractivity contribution in [1.82, 2.24) is 10.6 Å². The predicted octanol–water partition coefficient (Wildman–Crippen LogP) is 5.46. The van der Waals surface area contributed by atoms with Crippen LogP contribution in [0, 0.1) is 13.8 Å². The lowest BCUT2D eigenvalue weighted by molar-refractivity contribution is 0.0531. The highest BCUT2D eigenvalue weighted by molar-refractivity contribution is 8.76. The average molecular weight is 419 g/mol. The van der Waals surface area contributed by atoms with Crippen molar-refractivity contribution in [2.75, 3.05) is 24.6 Å². The van der Waals surface area contributed by atoms with E-state index in [0.717, 1.165) is 22.6 Å². The largest absolute Gasteiger partial charge is 0.444 e. The van der Waals surface area contributed by atoms with E-state index in [1.165, 1.54) is 0 Å². The summed E-state index contributed by atoms with van der Waals surface area (Å²) in [6.07, 6.45) is -0.390. The number of ether oxygens (including phenoxy) is 1. The molecule has 0 aliphatic carbocycles. The summed E-state index contributed by atoms with van der Waals surface area (Å²) in [5, 5.41) is 5.64. The van der Waals surface area contributed by atoms with Crippen LogP contribution >= 0.6 is 21.6 Å². The Morgan fingerprint density at radius 1 is 0.963 bits per heavy atom. The maximum absolute atomic E-state index is 12.1. The quantitative estimate of drug-likeness (QED) is 0.433. The van der Waals surface area contributed by atoms with E-state index in [2.05, 4.69) is 16.7 Å². The van der Waals surface area contributed by atoms with Gasteiger partial charge in [-0.05, 0) is 46.8 Å². The number of hydrogen-bond donors (Lipinski definition) is 2. The molecule has 0 aliphatic rings. The number of carbonyl (C=O) groups is 2. The summed E-state index contributed by atoms with van der Waals surface area (Å²) in [4.78, 5) is 23.5. The molecule has 0 heterocycles. The third-order valence-corrected chi connectivity index (χ3v) is 5.30. The molecular weight excluding hydrogens is 380 g/mol. The van der Waals surface area contributed by atoms with Gasteiger partial charge in [0.1, 0.15) is 5.60 Å². The Bertz CT molecular complexity index is 577. The van der Waals surface area contributed by atoms with Crippen LogP contribution in [0.5, 0.6) is 0 Å². The zero-order valence-corrected chi connectivity index (χ0v) is 19.2. The van der Waals surface area contributed by atoms with E-state index in [-0.39, 0.29) is 14.9 Å². The zero-order chi connectivity index (χ0) is 20.9. The van der Waals surface area contributed by atoms with Crippen LogP contribution in [0.1, 0.15) is 59.0 Å². The van der Waals surface area contributed by atoms with E-state index in [1.807, 2.05) is 60.6 Å². The summed E-state index contributed by atoms with van der Waals surface area (Å²) in [5.41, 5.74) is 2.41. The molecule has 0 aliphatic heterocycles. The molecule has 1 rings (SSSR count). The summed E-state index contributed by atoms with van der Waals surface area (Å²) in [5.74, 6) is 1.56. The Labute approximate surface area is 175 Å². The Morgan fingerprint density at radius 3 is 1.93 bits per heavy atom. The molecule has 158 valence electrons. The molecule has 5 nitrogen and oxygen atoms in total. The van der Waals surface area contributed by atoms with Crippen LogP contribution in [-0.2, 0) is 4.74 Å². The number of aryl methyl sites for hydroxylation is 2. The molecule has 0 saturated carbocycles. The predicted molar refractivity (Wildman–Crippen MR) is 123 cm³/mol. The second-order valence-electron chi connectivity index (χ2n) is 6.70. The van der Waals surface area contributed by atoms with Gasteiger partial charge in [0.2, 0.25) is 0 Å². The fraction of sp³-hybridized carbons (Fsp3) is 0.600. The molecule has 0 spiro atoms. The van der Waals surface area contributed by atoms with Crippen LogP contribution in [0.15, 0.2) is 18.2 Å². The van der Waals surface area contributed by atoms with Gasteiger partial charge >= 0.3 is 6.09 Å². The van der Waals surface area contributed by atoms with Crippen molar-refractivity contribution in [3.05, 3.63) is 34.9 Å². The van der Waals surface area contributed by atoms with Crippen LogP contribution < -0.4 is 10.6 Å². The van der Waals surface area contributed by atoms with Crippen molar-refractivity contribution in [3.8, 4) is 0 Å². The van der Waals surface area contributed by atoms with E-state index >= 15 is 0 Å². The number of carbonyl (C=O) groups excluding carboxylic acids is 2. The lowest BCUT2D eigenvalue weighted by atomic mass is 10.1. The van der Waals surface area contributed by atoms with Crippen LogP contribution in [0.4, 0.5) is 4.79 Å². The number of hydrogen-bond acceptors (Lipinski definition) is 5. The van der Waals surface area contributed by atoms with Gasteiger partial charge < -0.3 is 15.4 Å². The number of rotatable bonds is 8. The van der Waals surface area contributed by atoms with Crippen molar-refractivity contribution < 1.29 is 17.2 Å². The van der Waals surface area contributed by atoms with E-state index in [9.17, 15) is 9.59 Å². The topological polar surface area (TPSA) is 67.4 Å². The first kappa shape index (κ1) is 25.7. The van der Waals surface area contributed by atoms with Gasteiger partial charge in [0.05, 0.1) is 0 Å². The maximum atomic E-state index is 12.1. The van der Waals surface area contributed by atoms with Crippen molar-refractivity contribution in [1.29, 1.82) is 0 Å². The third-order valence-electron chi connectivity index (χ3n) is 2.89. The van der Waals surface area contributed by atoms with Gasteiger partial charge in [0.25, 0.3) is 5.91 Å². The van der Waals surface area contributed by atoms with Gasteiger partial charge in [-0.15, -0.1) is 0 Å². The first-order valence-electron chi connectivity index (χ1n) is 9.25. The van der Waals surface area contributed by atoms with Crippen molar-refractivity contribution in [2.24, 2.45) is 0 Å². The van der Waals surface area contributed by atoms with E-state index in [1.54, 1.807) is 21.6 Å². The van der Waals surface area contributed by atoms with Crippen molar-refractivity contribution >= 4 is 33.6 Å². The highest BCUT2D eigenvalue weighted by Gasteiger charge is 2.15. The molecule has 0 saturated heterocycles. The van der Waals surface area contributed by atoms with Gasteiger partial charge in [-0.1, -0.05) is 52.6 Å². The van der Waals surface area contributed by atoms with Crippen LogP contribution in [0.3, 0.4) is 0 Å². The summed E-state index contributed by atoms with van der Waals surface area (Å²) in [6, 6.07) is 5.84. The van der Waals surface area contributed by atoms with Crippen molar-refractivity contribution in [2.45, 2.75) is 54.1 Å². The van der Waals surface area contributed by atoms with Crippen LogP contribution in [-0.4, -0.2) is 42.2 Å². The van der Waals surface area contributed by atoms with Gasteiger partial charge in [-0.2, -0.15) is 0 Å². The molecule has 0 bridgehead atoms. The number of benzene rings is 1. The van der Waals surface area contributed by atoms with Gasteiger partial charge in [-0.3, -0.25) is 4.79 Å². The average Bonchev–Trinajstić information content (AvgIpc) is 2.56. The summed E-state index contributed by atoms with van der Waals surface area (Å²) in [7, 11) is 3.33. The first-order chi connectivity index (χ1) is 12.7. The molecule has 0 atom stereocenters. The molecule has 2 amide bonds. The minimum Gasteiger partial charge on any atom is -0.444 e. The van der Waals surface area contributed by atoms with Gasteiger partial charge in [0.15, 0.2) is 0 Å². The Morgan fingerprint density at radius 2 is 1.44 bits per heavy atom. The monoisotopic (exact) mass is 418 g/mol. The zero-order valence-electron chi connectivity index (χ0n) is 17.6. The van der Waals surface area contributed by atoms with E-state index in [0.29, 0.717) is 18.7 Å². The molecule has 0 aromatic heterocycles. The van der Waals surface area contributed by atoms with E-state index in [4.69, 9.17) is 4.74 Å². The van der Waals surface area contributed by atoms with Crippen molar-refractivity contribution in [3.63, 3.8) is 0 Å². The smallest absolute Gasteiger partial charge is 0.407 e. The summed E-state index contributed by atoms with van der Waals surface area (Å²) < 4.78 is 5.15. The Hall–Kier alpha value is -1.34. The molecule has 7 heteroatoms. The molecule has 0 fully saturated rings. The minimum atomic E-state index is -0.472.